The van der Waals surface area contributed by atoms with Crippen LogP contribution in [0.4, 0.5) is 0 Å². The first-order valence-electron chi connectivity index (χ1n) is 6.52. The number of ether oxygens (including phenoxy) is 3. The smallest absolute Gasteiger partial charge is 0.330 e. The molecule has 0 fully saturated rings. The van der Waals surface area contributed by atoms with Crippen molar-refractivity contribution in [3.63, 3.8) is 0 Å². The Kier molecular flexibility index (Phi) is 5.62. The van der Waals surface area contributed by atoms with E-state index in [1.54, 1.807) is 21.1 Å². The number of carbonyl (C=O) groups is 1. The minimum absolute atomic E-state index is 0.338. The molecule has 0 atom stereocenters. The third kappa shape index (κ3) is 4.30. The lowest BCUT2D eigenvalue weighted by Gasteiger charge is -2.22. The normalized spacial score (nSPS) is 11.4. The molecule has 0 aliphatic rings. The van der Waals surface area contributed by atoms with Gasteiger partial charge in [0.15, 0.2) is 0 Å². The van der Waals surface area contributed by atoms with Crippen molar-refractivity contribution in [2.24, 2.45) is 0 Å². The van der Waals surface area contributed by atoms with Crippen LogP contribution in [0.15, 0.2) is 30.4 Å². The van der Waals surface area contributed by atoms with Crippen LogP contribution in [0.5, 0.6) is 11.5 Å². The molecule has 0 spiro atoms. The van der Waals surface area contributed by atoms with Gasteiger partial charge in [-0.2, -0.15) is 0 Å². The molecule has 0 N–H and O–H groups in total. The first kappa shape index (κ1) is 16.1. The number of hydrogen-bond donors (Lipinski definition) is 0. The molecule has 4 nitrogen and oxygen atoms in total. The van der Waals surface area contributed by atoms with Gasteiger partial charge in [0.05, 0.1) is 20.8 Å². The van der Waals surface area contributed by atoms with Crippen LogP contribution in [-0.2, 0) is 14.9 Å². The van der Waals surface area contributed by atoms with Gasteiger partial charge in [-0.3, -0.25) is 0 Å². The Morgan fingerprint density at radius 1 is 1.15 bits per heavy atom. The molecule has 20 heavy (non-hydrogen) atoms. The van der Waals surface area contributed by atoms with Gasteiger partial charge in [-0.15, -0.1) is 0 Å². The minimum atomic E-state index is -0.339. The summed E-state index contributed by atoms with van der Waals surface area (Å²) in [6.07, 6.45) is 3.27. The van der Waals surface area contributed by atoms with Crippen molar-refractivity contribution in [3.05, 3.63) is 35.9 Å². The molecular weight excluding hydrogens is 256 g/mol. The molecule has 110 valence electrons. The van der Waals surface area contributed by atoms with Crippen molar-refractivity contribution in [2.45, 2.75) is 26.2 Å². The molecule has 0 radical (unpaired) electrons. The predicted molar refractivity (Wildman–Crippen MR) is 78.3 cm³/mol. The fourth-order valence-electron chi connectivity index (χ4n) is 1.74. The number of benzene rings is 1. The lowest BCUT2D eigenvalue weighted by atomic mass is 9.84. The van der Waals surface area contributed by atoms with Gasteiger partial charge in [-0.25, -0.2) is 4.79 Å². The zero-order valence-electron chi connectivity index (χ0n) is 12.7. The van der Waals surface area contributed by atoms with Crippen LogP contribution in [0.25, 0.3) is 0 Å². The molecule has 1 aromatic carbocycles. The summed E-state index contributed by atoms with van der Waals surface area (Å²) in [4.78, 5) is 11.4. The number of carbonyl (C=O) groups excluding carboxylic acids is 1. The maximum absolute atomic E-state index is 11.4. The summed E-state index contributed by atoms with van der Waals surface area (Å²) in [5.74, 6) is 1.10. The highest BCUT2D eigenvalue weighted by atomic mass is 16.5. The van der Waals surface area contributed by atoms with Crippen LogP contribution < -0.4 is 9.47 Å². The molecule has 0 saturated carbocycles. The summed E-state index contributed by atoms with van der Waals surface area (Å²) in [6.45, 7) is 6.17. The van der Waals surface area contributed by atoms with Crippen LogP contribution in [0.2, 0.25) is 0 Å². The summed E-state index contributed by atoms with van der Waals surface area (Å²) in [5.41, 5.74) is 0.656. The Balaban J connectivity index is 3.04. The standard InChI is InChI=1S/C16H22O4/c1-6-20-15(17)7-8-16(2,3)12-9-13(18-4)11-14(10-12)19-5/h7-11H,6H2,1-5H3/b8-7+. The second-order valence-electron chi connectivity index (χ2n) is 4.91. The molecule has 1 aromatic rings. The molecule has 0 amide bonds. The molecule has 0 heterocycles. The SMILES string of the molecule is CCOC(=O)/C=C/C(C)(C)c1cc(OC)cc(OC)c1. The summed E-state index contributed by atoms with van der Waals surface area (Å²) < 4.78 is 15.4. The van der Waals surface area contributed by atoms with Crippen LogP contribution in [0, 0.1) is 0 Å². The van der Waals surface area contributed by atoms with Gasteiger partial charge in [-0.05, 0) is 24.6 Å². The predicted octanol–water partition coefficient (Wildman–Crippen LogP) is 3.10. The van der Waals surface area contributed by atoms with E-state index in [9.17, 15) is 4.79 Å². The third-order valence-electron chi connectivity index (χ3n) is 3.02. The molecule has 0 bridgehead atoms. The fraction of sp³-hybridized carbons (Fsp3) is 0.438. The summed E-state index contributed by atoms with van der Waals surface area (Å²) in [6, 6.07) is 5.67. The number of allylic oxidation sites excluding steroid dienone is 1. The second kappa shape index (κ2) is 6.98. The van der Waals surface area contributed by atoms with Crippen LogP contribution in [0.3, 0.4) is 0 Å². The van der Waals surface area contributed by atoms with Crippen molar-refractivity contribution in [2.75, 3.05) is 20.8 Å². The molecule has 4 heteroatoms. The average molecular weight is 278 g/mol. The molecule has 0 aliphatic heterocycles. The lowest BCUT2D eigenvalue weighted by Crippen LogP contribution is -2.15. The van der Waals surface area contributed by atoms with Crippen LogP contribution in [0.1, 0.15) is 26.3 Å². The Labute approximate surface area is 120 Å². The summed E-state index contributed by atoms with van der Waals surface area (Å²) in [7, 11) is 3.22. The highest BCUT2D eigenvalue weighted by molar-refractivity contribution is 5.82. The fourth-order valence-corrected chi connectivity index (χ4v) is 1.74. The number of methoxy groups -OCH3 is 2. The molecular formula is C16H22O4. The van der Waals surface area contributed by atoms with E-state index < -0.39 is 0 Å². The summed E-state index contributed by atoms with van der Waals surface area (Å²) >= 11 is 0. The van der Waals surface area contributed by atoms with Gasteiger partial charge in [0.2, 0.25) is 0 Å². The monoisotopic (exact) mass is 278 g/mol. The zero-order chi connectivity index (χ0) is 15.2. The molecule has 1 rings (SSSR count). The number of rotatable bonds is 6. The Hall–Kier alpha value is -1.97. The van der Waals surface area contributed by atoms with Crippen LogP contribution in [-0.4, -0.2) is 26.8 Å². The highest BCUT2D eigenvalue weighted by Gasteiger charge is 2.19. The largest absolute Gasteiger partial charge is 0.497 e. The number of hydrogen-bond acceptors (Lipinski definition) is 4. The third-order valence-corrected chi connectivity index (χ3v) is 3.02. The second-order valence-corrected chi connectivity index (χ2v) is 4.91. The lowest BCUT2D eigenvalue weighted by molar-refractivity contribution is -0.137. The van der Waals surface area contributed by atoms with E-state index >= 15 is 0 Å². The van der Waals surface area contributed by atoms with E-state index in [0.717, 1.165) is 17.1 Å². The van der Waals surface area contributed by atoms with Gasteiger partial charge >= 0.3 is 5.97 Å². The van der Waals surface area contributed by atoms with E-state index in [1.807, 2.05) is 38.1 Å². The highest BCUT2D eigenvalue weighted by Crippen LogP contribution is 2.32. The summed E-state index contributed by atoms with van der Waals surface area (Å²) in [5, 5.41) is 0. The zero-order valence-corrected chi connectivity index (χ0v) is 12.7. The van der Waals surface area contributed by atoms with Gasteiger partial charge in [-0.1, -0.05) is 19.9 Å². The maximum Gasteiger partial charge on any atom is 0.330 e. The minimum Gasteiger partial charge on any atom is -0.497 e. The first-order valence-corrected chi connectivity index (χ1v) is 6.52. The van der Waals surface area contributed by atoms with Crippen molar-refractivity contribution >= 4 is 5.97 Å². The Morgan fingerprint density at radius 2 is 1.70 bits per heavy atom. The molecule has 0 aromatic heterocycles. The van der Waals surface area contributed by atoms with Gasteiger partial charge in [0, 0.05) is 17.6 Å². The van der Waals surface area contributed by atoms with E-state index in [4.69, 9.17) is 14.2 Å². The van der Waals surface area contributed by atoms with E-state index in [1.165, 1.54) is 6.08 Å². The van der Waals surface area contributed by atoms with Crippen molar-refractivity contribution in [1.82, 2.24) is 0 Å². The van der Waals surface area contributed by atoms with Gasteiger partial charge in [0.25, 0.3) is 0 Å². The molecule has 0 saturated heterocycles. The van der Waals surface area contributed by atoms with Crippen molar-refractivity contribution in [3.8, 4) is 11.5 Å². The van der Waals surface area contributed by atoms with Crippen molar-refractivity contribution < 1.29 is 19.0 Å². The number of esters is 1. The van der Waals surface area contributed by atoms with Crippen molar-refractivity contribution in [1.29, 1.82) is 0 Å². The quantitative estimate of drug-likeness (QED) is 0.592. The molecule has 0 aliphatic carbocycles. The van der Waals surface area contributed by atoms with E-state index in [0.29, 0.717) is 6.61 Å². The first-order chi connectivity index (χ1) is 9.42. The van der Waals surface area contributed by atoms with Gasteiger partial charge < -0.3 is 14.2 Å². The van der Waals surface area contributed by atoms with E-state index in [-0.39, 0.29) is 11.4 Å². The topological polar surface area (TPSA) is 44.8 Å². The van der Waals surface area contributed by atoms with Crippen LogP contribution >= 0.6 is 0 Å². The van der Waals surface area contributed by atoms with E-state index in [2.05, 4.69) is 0 Å². The Bertz CT molecular complexity index is 467. The van der Waals surface area contributed by atoms with Gasteiger partial charge in [0.1, 0.15) is 11.5 Å². The molecule has 0 unspecified atom stereocenters. The Morgan fingerprint density at radius 3 is 2.15 bits per heavy atom. The maximum atomic E-state index is 11.4. The average Bonchev–Trinajstić information content (AvgIpc) is 2.45.